The number of rotatable bonds is 2. The Morgan fingerprint density at radius 2 is 2.18 bits per heavy atom. The Balaban J connectivity index is 1.83. The Morgan fingerprint density at radius 1 is 1.35 bits per heavy atom. The van der Waals surface area contributed by atoms with Gasteiger partial charge in [-0.15, -0.1) is 0 Å². The summed E-state index contributed by atoms with van der Waals surface area (Å²) in [4.78, 5) is 7.61. The van der Waals surface area contributed by atoms with Crippen LogP contribution < -0.4 is 4.90 Å². The molecule has 1 aromatic heterocycles. The summed E-state index contributed by atoms with van der Waals surface area (Å²) in [6, 6.07) is 0.664. The molecule has 2 heterocycles. The lowest BCUT2D eigenvalue weighted by atomic mass is 9.85. The van der Waals surface area contributed by atoms with Crippen LogP contribution in [0.3, 0.4) is 0 Å². The van der Waals surface area contributed by atoms with Gasteiger partial charge >= 0.3 is 0 Å². The zero-order valence-electron chi connectivity index (χ0n) is 9.73. The molecular weight excluding hydrogens is 256 g/mol. The molecule has 0 spiro atoms. The van der Waals surface area contributed by atoms with Gasteiger partial charge in [0.25, 0.3) is 0 Å². The maximum absolute atomic E-state index is 9.17. The van der Waals surface area contributed by atoms with Crippen LogP contribution in [0.4, 0.5) is 5.13 Å². The van der Waals surface area contributed by atoms with Crippen molar-refractivity contribution in [2.24, 2.45) is 5.92 Å². The van der Waals surface area contributed by atoms with E-state index >= 15 is 0 Å². The summed E-state index contributed by atoms with van der Waals surface area (Å²) < 4.78 is 0. The van der Waals surface area contributed by atoms with Crippen LogP contribution in [-0.2, 0) is 6.61 Å². The number of aromatic nitrogens is 1. The van der Waals surface area contributed by atoms with Gasteiger partial charge in [0.05, 0.1) is 11.5 Å². The average molecular weight is 273 g/mol. The molecule has 2 fully saturated rings. The van der Waals surface area contributed by atoms with Crippen molar-refractivity contribution in [2.75, 3.05) is 11.4 Å². The van der Waals surface area contributed by atoms with E-state index in [-0.39, 0.29) is 6.61 Å². The predicted molar refractivity (Wildman–Crippen MR) is 70.8 cm³/mol. The SMILES string of the molecule is OCc1sc(N2CCC3CCCCC32)nc1Cl. The minimum atomic E-state index is -0.00155. The zero-order chi connectivity index (χ0) is 11.8. The highest BCUT2D eigenvalue weighted by Crippen LogP contribution is 2.41. The van der Waals surface area contributed by atoms with Crippen LogP contribution in [-0.4, -0.2) is 22.7 Å². The molecule has 1 saturated heterocycles. The molecule has 1 aromatic rings. The molecule has 0 amide bonds. The second-order valence-corrected chi connectivity index (χ2v) is 6.38. The lowest BCUT2D eigenvalue weighted by molar-refractivity contribution is 0.285. The summed E-state index contributed by atoms with van der Waals surface area (Å²) in [5.41, 5.74) is 0. The third-order valence-electron chi connectivity index (χ3n) is 4.04. The van der Waals surface area contributed by atoms with E-state index in [0.29, 0.717) is 11.2 Å². The van der Waals surface area contributed by atoms with Crippen molar-refractivity contribution in [1.29, 1.82) is 0 Å². The van der Waals surface area contributed by atoms with Gasteiger partial charge in [0.15, 0.2) is 5.13 Å². The molecule has 0 aromatic carbocycles. The molecular formula is C12H17ClN2OS. The molecule has 2 aliphatic rings. The van der Waals surface area contributed by atoms with Gasteiger partial charge in [0.1, 0.15) is 5.15 Å². The van der Waals surface area contributed by atoms with Crippen molar-refractivity contribution in [3.05, 3.63) is 10.0 Å². The molecule has 5 heteroatoms. The van der Waals surface area contributed by atoms with Gasteiger partial charge in [-0.2, -0.15) is 0 Å². The summed E-state index contributed by atoms with van der Waals surface area (Å²) >= 11 is 7.56. The van der Waals surface area contributed by atoms with Crippen LogP contribution in [0.15, 0.2) is 0 Å². The summed E-state index contributed by atoms with van der Waals surface area (Å²) in [7, 11) is 0. The molecule has 0 bridgehead atoms. The maximum Gasteiger partial charge on any atom is 0.187 e. The first-order valence-electron chi connectivity index (χ1n) is 6.32. The van der Waals surface area contributed by atoms with Crippen LogP contribution in [0.5, 0.6) is 0 Å². The van der Waals surface area contributed by atoms with Crippen molar-refractivity contribution in [3.63, 3.8) is 0 Å². The second kappa shape index (κ2) is 4.75. The van der Waals surface area contributed by atoms with E-state index in [9.17, 15) is 5.11 Å². The number of hydrogen-bond acceptors (Lipinski definition) is 4. The van der Waals surface area contributed by atoms with E-state index in [1.165, 1.54) is 32.1 Å². The van der Waals surface area contributed by atoms with Crippen molar-refractivity contribution in [3.8, 4) is 0 Å². The Morgan fingerprint density at radius 3 is 2.94 bits per heavy atom. The summed E-state index contributed by atoms with van der Waals surface area (Å²) in [5.74, 6) is 0.851. The van der Waals surface area contributed by atoms with E-state index in [0.717, 1.165) is 22.5 Å². The molecule has 1 saturated carbocycles. The molecule has 1 N–H and O–H groups in total. The maximum atomic E-state index is 9.17. The zero-order valence-corrected chi connectivity index (χ0v) is 11.3. The second-order valence-electron chi connectivity index (χ2n) is 4.96. The molecule has 1 aliphatic heterocycles. The molecule has 3 rings (SSSR count). The highest BCUT2D eigenvalue weighted by Gasteiger charge is 2.37. The number of anilines is 1. The molecule has 2 atom stereocenters. The van der Waals surface area contributed by atoms with Crippen LogP contribution in [0.2, 0.25) is 5.15 Å². The summed E-state index contributed by atoms with van der Waals surface area (Å²) in [6.45, 7) is 1.10. The third-order valence-corrected chi connectivity index (χ3v) is 5.54. The van der Waals surface area contributed by atoms with E-state index in [4.69, 9.17) is 11.6 Å². The molecule has 94 valence electrons. The molecule has 2 unspecified atom stereocenters. The minimum Gasteiger partial charge on any atom is -0.391 e. The van der Waals surface area contributed by atoms with Gasteiger partial charge in [-0.25, -0.2) is 4.98 Å². The van der Waals surface area contributed by atoms with E-state index in [2.05, 4.69) is 9.88 Å². The minimum absolute atomic E-state index is 0.00155. The first-order valence-corrected chi connectivity index (χ1v) is 7.51. The van der Waals surface area contributed by atoms with Crippen molar-refractivity contribution < 1.29 is 5.11 Å². The number of thiazole rings is 1. The Kier molecular flexibility index (Phi) is 3.28. The lowest BCUT2D eigenvalue weighted by Crippen LogP contribution is -2.34. The number of hydrogen-bond donors (Lipinski definition) is 1. The third kappa shape index (κ3) is 2.07. The first-order chi connectivity index (χ1) is 8.29. The highest BCUT2D eigenvalue weighted by atomic mass is 35.5. The van der Waals surface area contributed by atoms with Gasteiger partial charge in [0, 0.05) is 12.6 Å². The van der Waals surface area contributed by atoms with Crippen LogP contribution in [0.25, 0.3) is 0 Å². The van der Waals surface area contributed by atoms with E-state index < -0.39 is 0 Å². The van der Waals surface area contributed by atoms with E-state index in [1.807, 2.05) is 0 Å². The van der Waals surface area contributed by atoms with Crippen molar-refractivity contribution in [2.45, 2.75) is 44.8 Å². The van der Waals surface area contributed by atoms with Gasteiger partial charge < -0.3 is 10.0 Å². The topological polar surface area (TPSA) is 36.4 Å². The number of nitrogens with zero attached hydrogens (tertiary/aromatic N) is 2. The standard InChI is InChI=1S/C12H17ClN2OS/c13-11-10(7-16)17-12(14-11)15-6-5-8-3-1-2-4-9(8)15/h8-9,16H,1-7H2. The Hall–Kier alpha value is -0.320. The van der Waals surface area contributed by atoms with Gasteiger partial charge in [-0.05, 0) is 25.2 Å². The smallest absolute Gasteiger partial charge is 0.187 e. The number of aliphatic hydroxyl groups excluding tert-OH is 1. The normalized spacial score (nSPS) is 28.5. The molecule has 1 aliphatic carbocycles. The largest absolute Gasteiger partial charge is 0.391 e. The lowest BCUT2D eigenvalue weighted by Gasteiger charge is -2.31. The highest BCUT2D eigenvalue weighted by molar-refractivity contribution is 7.16. The Labute approximate surface area is 110 Å². The van der Waals surface area contributed by atoms with Crippen molar-refractivity contribution in [1.82, 2.24) is 4.98 Å². The van der Waals surface area contributed by atoms with Gasteiger partial charge in [0.2, 0.25) is 0 Å². The van der Waals surface area contributed by atoms with Crippen LogP contribution in [0.1, 0.15) is 37.0 Å². The van der Waals surface area contributed by atoms with Crippen LogP contribution in [0, 0.1) is 5.92 Å². The average Bonchev–Trinajstić information content (AvgIpc) is 2.92. The van der Waals surface area contributed by atoms with Gasteiger partial charge in [-0.3, -0.25) is 0 Å². The fraction of sp³-hybridized carbons (Fsp3) is 0.750. The summed E-state index contributed by atoms with van der Waals surface area (Å²) in [6.07, 6.45) is 6.67. The summed E-state index contributed by atoms with van der Waals surface area (Å²) in [5, 5.41) is 10.7. The van der Waals surface area contributed by atoms with Crippen molar-refractivity contribution >= 4 is 28.1 Å². The number of aliphatic hydroxyl groups is 1. The molecule has 3 nitrogen and oxygen atoms in total. The first kappa shape index (κ1) is 11.8. The fourth-order valence-electron chi connectivity index (χ4n) is 3.19. The van der Waals surface area contributed by atoms with Crippen LogP contribution >= 0.6 is 22.9 Å². The van der Waals surface area contributed by atoms with E-state index in [1.54, 1.807) is 11.3 Å². The number of halogens is 1. The Bertz CT molecular complexity index is 409. The molecule has 0 radical (unpaired) electrons. The van der Waals surface area contributed by atoms with Gasteiger partial charge in [-0.1, -0.05) is 35.8 Å². The fourth-order valence-corrected chi connectivity index (χ4v) is 4.39. The quantitative estimate of drug-likeness (QED) is 0.899. The predicted octanol–water partition coefficient (Wildman–Crippen LogP) is 3.06. The number of fused-ring (bicyclic) bond motifs is 1. The molecule has 17 heavy (non-hydrogen) atoms. The monoisotopic (exact) mass is 272 g/mol.